The zero-order valence-electron chi connectivity index (χ0n) is 7.32. The van der Waals surface area contributed by atoms with E-state index in [0.29, 0.717) is 0 Å². The predicted molar refractivity (Wildman–Crippen MR) is 51.7 cm³/mol. The van der Waals surface area contributed by atoms with E-state index in [9.17, 15) is 0 Å². The Morgan fingerprint density at radius 1 is 1.83 bits per heavy atom. The van der Waals surface area contributed by atoms with Gasteiger partial charge in [-0.3, -0.25) is 16.0 Å². The van der Waals surface area contributed by atoms with E-state index >= 15 is 0 Å². The van der Waals surface area contributed by atoms with Gasteiger partial charge in [-0.2, -0.15) is 16.9 Å². The fraction of sp³-hybridized carbons (Fsp3) is 0.571. The Balaban J connectivity index is 2.66. The van der Waals surface area contributed by atoms with Gasteiger partial charge in [-0.1, -0.05) is 0 Å². The molecule has 5 heteroatoms. The molecule has 1 atom stereocenters. The number of nitrogens with zero attached hydrogens (tertiary/aromatic N) is 2. The highest BCUT2D eigenvalue weighted by Gasteiger charge is 2.10. The number of hydrazine groups is 1. The molecule has 1 heterocycles. The van der Waals surface area contributed by atoms with E-state index in [1.54, 1.807) is 16.4 Å². The first-order valence-electron chi connectivity index (χ1n) is 3.72. The molecule has 0 amide bonds. The van der Waals surface area contributed by atoms with E-state index in [0.717, 1.165) is 11.4 Å². The summed E-state index contributed by atoms with van der Waals surface area (Å²) < 4.78 is 1.78. The van der Waals surface area contributed by atoms with Gasteiger partial charge < -0.3 is 0 Å². The molecule has 0 bridgehead atoms. The Kier molecular flexibility index (Phi) is 3.58. The molecule has 0 aliphatic heterocycles. The average molecular weight is 186 g/mol. The second kappa shape index (κ2) is 4.49. The second-order valence-electron chi connectivity index (χ2n) is 2.59. The molecule has 0 saturated carbocycles. The molecular formula is C7H14N4S. The minimum atomic E-state index is 0.154. The van der Waals surface area contributed by atoms with Crippen molar-refractivity contribution in [2.75, 3.05) is 12.0 Å². The number of aromatic nitrogens is 2. The van der Waals surface area contributed by atoms with Crippen molar-refractivity contribution in [3.05, 3.63) is 18.0 Å². The topological polar surface area (TPSA) is 55.9 Å². The van der Waals surface area contributed by atoms with Crippen LogP contribution in [0.5, 0.6) is 0 Å². The van der Waals surface area contributed by atoms with Crippen LogP contribution < -0.4 is 11.3 Å². The standard InChI is InChI=1S/C7H14N4S/c1-11-4-3-6(10-11)7(9-8)5-12-2/h3-4,7,9H,5,8H2,1-2H3. The Labute approximate surface area is 76.5 Å². The lowest BCUT2D eigenvalue weighted by Crippen LogP contribution is -2.30. The van der Waals surface area contributed by atoms with Crippen LogP contribution >= 0.6 is 11.8 Å². The van der Waals surface area contributed by atoms with Crippen molar-refractivity contribution in [3.63, 3.8) is 0 Å². The Hall–Kier alpha value is -0.520. The molecule has 4 nitrogen and oxygen atoms in total. The number of aryl methyl sites for hydroxylation is 1. The molecule has 0 aromatic carbocycles. The van der Waals surface area contributed by atoms with Gasteiger partial charge >= 0.3 is 0 Å². The third-order valence-corrected chi connectivity index (χ3v) is 2.29. The third-order valence-electron chi connectivity index (χ3n) is 1.63. The first kappa shape index (κ1) is 9.57. The molecule has 0 aliphatic rings. The highest BCUT2D eigenvalue weighted by atomic mass is 32.2. The lowest BCUT2D eigenvalue weighted by atomic mass is 10.2. The highest BCUT2D eigenvalue weighted by molar-refractivity contribution is 7.98. The van der Waals surface area contributed by atoms with Gasteiger partial charge in [-0.15, -0.1) is 0 Å². The summed E-state index contributed by atoms with van der Waals surface area (Å²) >= 11 is 1.75. The van der Waals surface area contributed by atoms with E-state index < -0.39 is 0 Å². The predicted octanol–water partition coefficient (Wildman–Crippen LogP) is 0.287. The van der Waals surface area contributed by atoms with Gasteiger partial charge in [0.15, 0.2) is 0 Å². The van der Waals surface area contributed by atoms with Crippen molar-refractivity contribution in [2.45, 2.75) is 6.04 Å². The van der Waals surface area contributed by atoms with Crippen molar-refractivity contribution in [1.29, 1.82) is 0 Å². The lowest BCUT2D eigenvalue weighted by molar-refractivity contribution is 0.581. The van der Waals surface area contributed by atoms with Crippen LogP contribution in [0.3, 0.4) is 0 Å². The van der Waals surface area contributed by atoms with Crippen molar-refractivity contribution in [2.24, 2.45) is 12.9 Å². The number of hydrogen-bond acceptors (Lipinski definition) is 4. The van der Waals surface area contributed by atoms with Gasteiger partial charge in [-0.05, 0) is 12.3 Å². The second-order valence-corrected chi connectivity index (χ2v) is 3.50. The Bertz CT molecular complexity index is 235. The largest absolute Gasteiger partial charge is 0.275 e. The van der Waals surface area contributed by atoms with Crippen LogP contribution in [0.1, 0.15) is 11.7 Å². The Morgan fingerprint density at radius 2 is 2.58 bits per heavy atom. The molecule has 3 N–H and O–H groups in total. The van der Waals surface area contributed by atoms with E-state index in [1.165, 1.54) is 0 Å². The van der Waals surface area contributed by atoms with E-state index in [-0.39, 0.29) is 6.04 Å². The van der Waals surface area contributed by atoms with Crippen LogP contribution in [0, 0.1) is 0 Å². The monoisotopic (exact) mass is 186 g/mol. The van der Waals surface area contributed by atoms with Crippen LogP contribution in [0.2, 0.25) is 0 Å². The SMILES string of the molecule is CSCC(NN)c1ccn(C)n1. The maximum absolute atomic E-state index is 5.39. The van der Waals surface area contributed by atoms with Crippen molar-refractivity contribution in [1.82, 2.24) is 15.2 Å². The fourth-order valence-corrected chi connectivity index (χ4v) is 1.60. The number of rotatable bonds is 4. The van der Waals surface area contributed by atoms with Gasteiger partial charge in [0.05, 0.1) is 11.7 Å². The zero-order chi connectivity index (χ0) is 8.97. The minimum absolute atomic E-state index is 0.154. The quantitative estimate of drug-likeness (QED) is 0.524. The molecular weight excluding hydrogens is 172 g/mol. The van der Waals surface area contributed by atoms with Gasteiger partial charge in [0.2, 0.25) is 0 Å². The van der Waals surface area contributed by atoms with Crippen molar-refractivity contribution < 1.29 is 0 Å². The normalized spacial score (nSPS) is 13.2. The van der Waals surface area contributed by atoms with Gasteiger partial charge in [0.1, 0.15) is 0 Å². The summed E-state index contributed by atoms with van der Waals surface area (Å²) in [7, 11) is 1.90. The van der Waals surface area contributed by atoms with Crippen molar-refractivity contribution in [3.8, 4) is 0 Å². The maximum atomic E-state index is 5.39. The first-order chi connectivity index (χ1) is 5.77. The molecule has 0 saturated heterocycles. The minimum Gasteiger partial charge on any atom is -0.275 e. The van der Waals surface area contributed by atoms with Crippen LogP contribution in [0.4, 0.5) is 0 Å². The van der Waals surface area contributed by atoms with E-state index in [1.807, 2.05) is 25.6 Å². The first-order valence-corrected chi connectivity index (χ1v) is 5.12. The van der Waals surface area contributed by atoms with Crippen LogP contribution in [0.25, 0.3) is 0 Å². The maximum Gasteiger partial charge on any atom is 0.0815 e. The van der Waals surface area contributed by atoms with Crippen molar-refractivity contribution >= 4 is 11.8 Å². The number of nitrogens with two attached hydrogens (primary N) is 1. The van der Waals surface area contributed by atoms with Crippen LogP contribution in [-0.4, -0.2) is 21.8 Å². The summed E-state index contributed by atoms with van der Waals surface area (Å²) in [6.45, 7) is 0. The molecule has 1 unspecified atom stereocenters. The summed E-state index contributed by atoms with van der Waals surface area (Å²) in [6.07, 6.45) is 3.97. The van der Waals surface area contributed by atoms with Gasteiger partial charge in [0.25, 0.3) is 0 Å². The summed E-state index contributed by atoms with van der Waals surface area (Å²) in [4.78, 5) is 0. The molecule has 1 rings (SSSR count). The highest BCUT2D eigenvalue weighted by Crippen LogP contribution is 2.13. The molecule has 0 fully saturated rings. The fourth-order valence-electron chi connectivity index (χ4n) is 1.00. The van der Waals surface area contributed by atoms with E-state index in [2.05, 4.69) is 10.5 Å². The number of thioether (sulfide) groups is 1. The molecule has 1 aromatic rings. The molecule has 12 heavy (non-hydrogen) atoms. The summed E-state index contributed by atoms with van der Waals surface area (Å²) in [6, 6.07) is 2.13. The molecule has 0 radical (unpaired) electrons. The van der Waals surface area contributed by atoms with Crippen LogP contribution in [-0.2, 0) is 7.05 Å². The molecule has 0 aliphatic carbocycles. The summed E-state index contributed by atoms with van der Waals surface area (Å²) in [5.74, 6) is 6.33. The number of hydrogen-bond donors (Lipinski definition) is 2. The van der Waals surface area contributed by atoms with E-state index in [4.69, 9.17) is 5.84 Å². The lowest BCUT2D eigenvalue weighted by Gasteiger charge is -2.10. The van der Waals surface area contributed by atoms with Gasteiger partial charge in [0, 0.05) is 19.0 Å². The molecule has 1 aromatic heterocycles. The third kappa shape index (κ3) is 2.23. The zero-order valence-corrected chi connectivity index (χ0v) is 8.14. The molecule has 68 valence electrons. The summed E-state index contributed by atoms with van der Waals surface area (Å²) in [5.41, 5.74) is 3.73. The number of nitrogens with one attached hydrogen (secondary N) is 1. The van der Waals surface area contributed by atoms with Gasteiger partial charge in [-0.25, -0.2) is 0 Å². The summed E-state index contributed by atoms with van der Waals surface area (Å²) in [5, 5.41) is 4.26. The molecule has 0 spiro atoms. The average Bonchev–Trinajstić information content (AvgIpc) is 2.47. The Morgan fingerprint density at radius 3 is 3.00 bits per heavy atom. The van der Waals surface area contributed by atoms with Crippen LogP contribution in [0.15, 0.2) is 12.3 Å². The smallest absolute Gasteiger partial charge is 0.0815 e.